The van der Waals surface area contributed by atoms with Crippen LogP contribution >= 0.6 is 0 Å². The van der Waals surface area contributed by atoms with Gasteiger partial charge in [-0.1, -0.05) is 70.4 Å². The predicted molar refractivity (Wildman–Crippen MR) is 93.6 cm³/mol. The molecule has 0 heterocycles. The van der Waals surface area contributed by atoms with E-state index in [4.69, 9.17) is 10.2 Å². The molecule has 1 atom stereocenters. The zero-order valence-electron chi connectivity index (χ0n) is 14.9. The Morgan fingerprint density at radius 1 is 0.870 bits per heavy atom. The second-order valence-electron chi connectivity index (χ2n) is 6.73. The van der Waals surface area contributed by atoms with Crippen LogP contribution in [0.25, 0.3) is 0 Å². The smallest absolute Gasteiger partial charge is 0.310 e. The first-order valence-electron chi connectivity index (χ1n) is 9.02. The molecule has 0 saturated carbocycles. The summed E-state index contributed by atoms with van der Waals surface area (Å²) in [6.07, 6.45) is 16.3. The number of carboxylic acids is 2. The molecule has 0 spiro atoms. The topological polar surface area (TPSA) is 74.6 Å². The lowest BCUT2D eigenvalue weighted by Gasteiger charge is -2.20. The van der Waals surface area contributed by atoms with Crippen molar-refractivity contribution in [2.45, 2.75) is 90.9 Å². The lowest BCUT2D eigenvalue weighted by molar-refractivity contribution is -0.154. The van der Waals surface area contributed by atoms with Gasteiger partial charge in [-0.15, -0.1) is 0 Å². The molecule has 0 amide bonds. The molecule has 0 aromatic rings. The van der Waals surface area contributed by atoms with E-state index in [1.807, 2.05) is 12.2 Å². The average Bonchev–Trinajstić information content (AvgIpc) is 2.47. The Bertz CT molecular complexity index is 362. The lowest BCUT2D eigenvalue weighted by Crippen LogP contribution is -2.29. The van der Waals surface area contributed by atoms with Gasteiger partial charge in [-0.25, -0.2) is 0 Å². The highest BCUT2D eigenvalue weighted by atomic mass is 16.4. The van der Waals surface area contributed by atoms with E-state index in [9.17, 15) is 9.59 Å². The van der Waals surface area contributed by atoms with E-state index in [1.54, 1.807) is 0 Å². The van der Waals surface area contributed by atoms with E-state index in [2.05, 4.69) is 6.92 Å². The Morgan fingerprint density at radius 3 is 1.87 bits per heavy atom. The third-order valence-electron chi connectivity index (χ3n) is 4.27. The van der Waals surface area contributed by atoms with Crippen LogP contribution in [-0.4, -0.2) is 22.2 Å². The zero-order chi connectivity index (χ0) is 17.6. The van der Waals surface area contributed by atoms with E-state index in [-0.39, 0.29) is 12.8 Å². The van der Waals surface area contributed by atoms with Crippen molar-refractivity contribution in [1.29, 1.82) is 0 Å². The molecule has 4 heteroatoms. The summed E-state index contributed by atoms with van der Waals surface area (Å²) >= 11 is 0. The van der Waals surface area contributed by atoms with Crippen LogP contribution in [0.1, 0.15) is 90.9 Å². The maximum absolute atomic E-state index is 11.2. The van der Waals surface area contributed by atoms with Crippen molar-refractivity contribution in [2.24, 2.45) is 5.41 Å². The van der Waals surface area contributed by atoms with E-state index in [0.29, 0.717) is 0 Å². The summed E-state index contributed by atoms with van der Waals surface area (Å²) in [5.74, 6) is -2.12. The highest BCUT2D eigenvalue weighted by Gasteiger charge is 2.34. The van der Waals surface area contributed by atoms with Gasteiger partial charge in [0.2, 0.25) is 0 Å². The van der Waals surface area contributed by atoms with Crippen molar-refractivity contribution in [2.75, 3.05) is 0 Å². The Balaban J connectivity index is 3.70. The normalized spacial score (nSPS) is 14.0. The molecule has 0 aliphatic heterocycles. The van der Waals surface area contributed by atoms with Crippen molar-refractivity contribution in [3.8, 4) is 0 Å². The molecule has 0 bridgehead atoms. The number of hydrogen-bond donors (Lipinski definition) is 2. The standard InChI is InChI=1S/C19H34O4/c1-3-4-5-6-7-8-9-10-11-12-13-14-15-19(2,18(22)23)16-17(20)21/h13-14H,3-12,15-16H2,1-2H3,(H,20,21)(H,22,23). The summed E-state index contributed by atoms with van der Waals surface area (Å²) in [6, 6.07) is 0. The number of allylic oxidation sites excluding steroid dienone is 2. The summed E-state index contributed by atoms with van der Waals surface area (Å²) < 4.78 is 0. The van der Waals surface area contributed by atoms with Gasteiger partial charge in [-0.2, -0.15) is 0 Å². The number of carboxylic acid groups (broad SMARTS) is 2. The molecule has 134 valence electrons. The molecule has 0 aliphatic rings. The Kier molecular flexibility index (Phi) is 12.4. The molecule has 0 aromatic heterocycles. The van der Waals surface area contributed by atoms with Gasteiger partial charge in [0.25, 0.3) is 0 Å². The summed E-state index contributed by atoms with van der Waals surface area (Å²) in [5, 5.41) is 18.0. The van der Waals surface area contributed by atoms with Crippen LogP contribution in [0.15, 0.2) is 12.2 Å². The number of carbonyl (C=O) groups is 2. The van der Waals surface area contributed by atoms with Crippen LogP contribution in [0.3, 0.4) is 0 Å². The van der Waals surface area contributed by atoms with Gasteiger partial charge >= 0.3 is 11.9 Å². The molecular weight excluding hydrogens is 292 g/mol. The minimum absolute atomic E-state index is 0.270. The number of unbranched alkanes of at least 4 members (excludes halogenated alkanes) is 9. The predicted octanol–water partition coefficient (Wildman–Crippen LogP) is 5.42. The third-order valence-corrected chi connectivity index (χ3v) is 4.27. The van der Waals surface area contributed by atoms with Crippen LogP contribution in [-0.2, 0) is 9.59 Å². The summed E-state index contributed by atoms with van der Waals surface area (Å²) in [5.41, 5.74) is -1.21. The molecule has 0 aliphatic carbocycles. The van der Waals surface area contributed by atoms with Gasteiger partial charge in [0, 0.05) is 0 Å². The van der Waals surface area contributed by atoms with E-state index in [0.717, 1.165) is 12.8 Å². The molecule has 0 rings (SSSR count). The number of aliphatic carboxylic acids is 2. The SMILES string of the molecule is CCCCCCCCCCCC=CCC(C)(CC(=O)O)C(=O)O. The molecule has 2 N–H and O–H groups in total. The molecule has 0 saturated heterocycles. The first-order chi connectivity index (χ1) is 10.9. The second-order valence-corrected chi connectivity index (χ2v) is 6.73. The highest BCUT2D eigenvalue weighted by molar-refractivity contribution is 5.81. The average molecular weight is 326 g/mol. The second kappa shape index (κ2) is 13.1. The first-order valence-corrected chi connectivity index (χ1v) is 9.02. The van der Waals surface area contributed by atoms with Crippen molar-refractivity contribution in [1.82, 2.24) is 0 Å². The van der Waals surface area contributed by atoms with Gasteiger partial charge in [-0.05, 0) is 26.2 Å². The fraction of sp³-hybridized carbons (Fsp3) is 0.789. The van der Waals surface area contributed by atoms with Crippen molar-refractivity contribution < 1.29 is 19.8 Å². The highest BCUT2D eigenvalue weighted by Crippen LogP contribution is 2.27. The van der Waals surface area contributed by atoms with Crippen LogP contribution < -0.4 is 0 Å². The minimum Gasteiger partial charge on any atom is -0.481 e. The van der Waals surface area contributed by atoms with Crippen LogP contribution in [0.5, 0.6) is 0 Å². The zero-order valence-corrected chi connectivity index (χ0v) is 14.9. The monoisotopic (exact) mass is 326 g/mol. The fourth-order valence-electron chi connectivity index (χ4n) is 2.60. The largest absolute Gasteiger partial charge is 0.481 e. The molecule has 0 fully saturated rings. The van der Waals surface area contributed by atoms with Crippen molar-refractivity contribution in [3.63, 3.8) is 0 Å². The Hall–Kier alpha value is -1.32. The fourth-order valence-corrected chi connectivity index (χ4v) is 2.60. The Labute approximate surface area is 141 Å². The summed E-state index contributed by atoms with van der Waals surface area (Å²) in [6.45, 7) is 3.72. The summed E-state index contributed by atoms with van der Waals surface area (Å²) in [7, 11) is 0. The van der Waals surface area contributed by atoms with E-state index < -0.39 is 17.4 Å². The van der Waals surface area contributed by atoms with Crippen LogP contribution in [0.2, 0.25) is 0 Å². The maximum Gasteiger partial charge on any atom is 0.310 e. The third kappa shape index (κ3) is 11.8. The molecule has 0 aromatic carbocycles. The van der Waals surface area contributed by atoms with E-state index in [1.165, 1.54) is 58.3 Å². The molecule has 23 heavy (non-hydrogen) atoms. The molecule has 1 unspecified atom stereocenters. The van der Waals surface area contributed by atoms with Gasteiger partial charge in [0.05, 0.1) is 11.8 Å². The van der Waals surface area contributed by atoms with Crippen LogP contribution in [0, 0.1) is 5.41 Å². The molecule has 0 radical (unpaired) electrons. The lowest BCUT2D eigenvalue weighted by atomic mass is 9.83. The number of hydrogen-bond acceptors (Lipinski definition) is 2. The van der Waals surface area contributed by atoms with Crippen molar-refractivity contribution in [3.05, 3.63) is 12.2 Å². The van der Waals surface area contributed by atoms with Gasteiger partial charge in [-0.3, -0.25) is 9.59 Å². The van der Waals surface area contributed by atoms with Gasteiger partial charge in [0.15, 0.2) is 0 Å². The van der Waals surface area contributed by atoms with Gasteiger partial charge < -0.3 is 10.2 Å². The summed E-state index contributed by atoms with van der Waals surface area (Å²) in [4.78, 5) is 21.9. The number of rotatable bonds is 15. The first kappa shape index (κ1) is 21.7. The van der Waals surface area contributed by atoms with E-state index >= 15 is 0 Å². The maximum atomic E-state index is 11.2. The van der Waals surface area contributed by atoms with Gasteiger partial charge in [0.1, 0.15) is 0 Å². The molecular formula is C19H34O4. The quantitative estimate of drug-likeness (QED) is 0.311. The van der Waals surface area contributed by atoms with Crippen molar-refractivity contribution >= 4 is 11.9 Å². The minimum atomic E-state index is -1.21. The Morgan fingerprint density at radius 2 is 1.39 bits per heavy atom. The van der Waals surface area contributed by atoms with Crippen LogP contribution in [0.4, 0.5) is 0 Å². The molecule has 4 nitrogen and oxygen atoms in total.